The molecule has 8 heavy (non-hydrogen) atoms. The molecule has 0 saturated heterocycles. The van der Waals surface area contributed by atoms with Crippen molar-refractivity contribution in [2.24, 2.45) is 10.8 Å². The van der Waals surface area contributed by atoms with Gasteiger partial charge >= 0.3 is 0 Å². The van der Waals surface area contributed by atoms with Crippen molar-refractivity contribution >= 4 is 16.8 Å². The molecular formula is C4H6ClN3. The molecular weight excluding hydrogens is 126 g/mol. The Hall–Kier alpha value is -0.540. The molecule has 3 nitrogen and oxygen atoms in total. The molecule has 0 aliphatic carbocycles. The molecule has 0 saturated carbocycles. The summed E-state index contributed by atoms with van der Waals surface area (Å²) < 4.78 is 0. The van der Waals surface area contributed by atoms with Gasteiger partial charge in [0.2, 0.25) is 0 Å². The van der Waals surface area contributed by atoms with Crippen LogP contribution in [0, 0.1) is 0 Å². The summed E-state index contributed by atoms with van der Waals surface area (Å²) in [6, 6.07) is 0. The van der Waals surface area contributed by atoms with E-state index in [9.17, 15) is 0 Å². The third-order valence-electron chi connectivity index (χ3n) is 0.786. The molecule has 1 rings (SSSR count). The molecule has 1 aliphatic heterocycles. The number of aliphatic imine (C=N–C) groups is 1. The third kappa shape index (κ3) is 1.21. The largest absolute Gasteiger partial charge is 0.310 e. The van der Waals surface area contributed by atoms with Gasteiger partial charge < -0.3 is 5.01 Å². The van der Waals surface area contributed by atoms with Gasteiger partial charge in [-0.25, -0.2) is 10.8 Å². The second kappa shape index (κ2) is 2.15. The average molecular weight is 132 g/mol. The molecule has 0 aromatic carbocycles. The Bertz CT molecular complexity index is 140. The first-order valence-corrected chi connectivity index (χ1v) is 2.57. The number of hydrogen-bond donors (Lipinski definition) is 1. The van der Waals surface area contributed by atoms with Crippen LogP contribution >= 0.6 is 11.6 Å². The minimum absolute atomic E-state index is 0.512. The zero-order chi connectivity index (χ0) is 5.98. The van der Waals surface area contributed by atoms with Crippen molar-refractivity contribution in [3.63, 3.8) is 0 Å². The standard InChI is InChI=1S/C4H6ClN3/c5-4-3-8(6)2-1-7-4/h1-2H,3,6H2. The topological polar surface area (TPSA) is 41.6 Å². The molecule has 1 aliphatic rings. The highest BCUT2D eigenvalue weighted by molar-refractivity contribution is 6.66. The predicted molar refractivity (Wildman–Crippen MR) is 33.3 cm³/mol. The summed E-state index contributed by atoms with van der Waals surface area (Å²) in [5.74, 6) is 5.31. The van der Waals surface area contributed by atoms with E-state index >= 15 is 0 Å². The van der Waals surface area contributed by atoms with Crippen LogP contribution in [-0.2, 0) is 0 Å². The Balaban J connectivity index is 2.59. The van der Waals surface area contributed by atoms with Crippen molar-refractivity contribution in [2.45, 2.75) is 0 Å². The van der Waals surface area contributed by atoms with Crippen molar-refractivity contribution in [3.05, 3.63) is 12.4 Å². The smallest absolute Gasteiger partial charge is 0.127 e. The fourth-order valence-corrected chi connectivity index (χ4v) is 0.638. The van der Waals surface area contributed by atoms with Gasteiger partial charge in [-0.2, -0.15) is 0 Å². The second-order valence-electron chi connectivity index (χ2n) is 1.48. The van der Waals surface area contributed by atoms with Gasteiger partial charge in [0.15, 0.2) is 0 Å². The molecule has 0 aromatic heterocycles. The van der Waals surface area contributed by atoms with Crippen molar-refractivity contribution in [1.29, 1.82) is 0 Å². The zero-order valence-corrected chi connectivity index (χ0v) is 4.97. The van der Waals surface area contributed by atoms with E-state index in [0.29, 0.717) is 11.7 Å². The van der Waals surface area contributed by atoms with Gasteiger partial charge in [-0.05, 0) is 0 Å². The first-order valence-electron chi connectivity index (χ1n) is 2.19. The van der Waals surface area contributed by atoms with Gasteiger partial charge in [0, 0.05) is 12.4 Å². The highest BCUT2D eigenvalue weighted by Gasteiger charge is 1.99. The van der Waals surface area contributed by atoms with Crippen LogP contribution in [0.4, 0.5) is 0 Å². The van der Waals surface area contributed by atoms with Crippen LogP contribution in [0.15, 0.2) is 17.4 Å². The molecule has 0 amide bonds. The van der Waals surface area contributed by atoms with E-state index in [4.69, 9.17) is 17.4 Å². The van der Waals surface area contributed by atoms with Gasteiger partial charge in [-0.3, -0.25) is 0 Å². The molecule has 0 fully saturated rings. The molecule has 0 bridgehead atoms. The SMILES string of the molecule is NN1C=CN=C(Cl)C1. The van der Waals surface area contributed by atoms with Crippen molar-refractivity contribution < 1.29 is 0 Å². The van der Waals surface area contributed by atoms with E-state index in [1.54, 1.807) is 12.4 Å². The van der Waals surface area contributed by atoms with E-state index in [1.165, 1.54) is 5.01 Å². The van der Waals surface area contributed by atoms with Gasteiger partial charge in [0.05, 0.1) is 6.54 Å². The second-order valence-corrected chi connectivity index (χ2v) is 1.91. The number of halogens is 1. The van der Waals surface area contributed by atoms with Gasteiger partial charge in [-0.15, -0.1) is 0 Å². The summed E-state index contributed by atoms with van der Waals surface area (Å²) in [5.41, 5.74) is 0. The summed E-state index contributed by atoms with van der Waals surface area (Å²) in [6.45, 7) is 0.512. The summed E-state index contributed by atoms with van der Waals surface area (Å²) in [5, 5.41) is 1.99. The van der Waals surface area contributed by atoms with Crippen LogP contribution < -0.4 is 5.84 Å². The Morgan fingerprint density at radius 1 is 1.88 bits per heavy atom. The Labute approximate surface area is 52.4 Å². The fourth-order valence-electron chi connectivity index (χ4n) is 0.444. The molecule has 4 heteroatoms. The normalized spacial score (nSPS) is 18.8. The van der Waals surface area contributed by atoms with Gasteiger partial charge in [-0.1, -0.05) is 11.6 Å². The Morgan fingerprint density at radius 3 is 3.00 bits per heavy atom. The summed E-state index contributed by atoms with van der Waals surface area (Å²) >= 11 is 5.49. The fraction of sp³-hybridized carbons (Fsp3) is 0.250. The van der Waals surface area contributed by atoms with Crippen molar-refractivity contribution in [3.8, 4) is 0 Å². The number of hydrazine groups is 1. The lowest BCUT2D eigenvalue weighted by molar-refractivity contribution is 0.447. The van der Waals surface area contributed by atoms with E-state index in [1.807, 2.05) is 0 Å². The van der Waals surface area contributed by atoms with Crippen LogP contribution in [0.1, 0.15) is 0 Å². The molecule has 0 atom stereocenters. The molecule has 1 heterocycles. The number of rotatable bonds is 0. The van der Waals surface area contributed by atoms with E-state index in [2.05, 4.69) is 4.99 Å². The lowest BCUT2D eigenvalue weighted by Gasteiger charge is -2.13. The first-order chi connectivity index (χ1) is 3.79. The van der Waals surface area contributed by atoms with Gasteiger partial charge in [0.25, 0.3) is 0 Å². The van der Waals surface area contributed by atoms with Crippen LogP contribution in [0.25, 0.3) is 0 Å². The summed E-state index contributed by atoms with van der Waals surface area (Å²) in [7, 11) is 0. The van der Waals surface area contributed by atoms with Crippen LogP contribution in [0.5, 0.6) is 0 Å². The maximum atomic E-state index is 5.49. The predicted octanol–water partition coefficient (Wildman–Crippen LogP) is 0.284. The van der Waals surface area contributed by atoms with Crippen LogP contribution in [0.2, 0.25) is 0 Å². The highest BCUT2D eigenvalue weighted by atomic mass is 35.5. The van der Waals surface area contributed by atoms with E-state index in [0.717, 1.165) is 0 Å². The molecule has 0 unspecified atom stereocenters. The molecule has 0 aromatic rings. The first kappa shape index (κ1) is 5.59. The minimum atomic E-state index is 0.512. The number of nitrogens with two attached hydrogens (primary N) is 1. The summed E-state index contributed by atoms with van der Waals surface area (Å²) in [6.07, 6.45) is 3.22. The maximum absolute atomic E-state index is 5.49. The molecule has 2 N–H and O–H groups in total. The Morgan fingerprint density at radius 2 is 2.62 bits per heavy atom. The van der Waals surface area contributed by atoms with Crippen LogP contribution in [-0.4, -0.2) is 16.7 Å². The van der Waals surface area contributed by atoms with Crippen molar-refractivity contribution in [2.75, 3.05) is 6.54 Å². The third-order valence-corrected chi connectivity index (χ3v) is 1.00. The molecule has 0 spiro atoms. The van der Waals surface area contributed by atoms with E-state index < -0.39 is 0 Å². The lowest BCUT2D eigenvalue weighted by Crippen LogP contribution is -2.30. The van der Waals surface area contributed by atoms with Crippen LogP contribution in [0.3, 0.4) is 0 Å². The summed E-state index contributed by atoms with van der Waals surface area (Å²) in [4.78, 5) is 3.76. The average Bonchev–Trinajstić information content (AvgIpc) is 1.64. The number of hydrogen-bond acceptors (Lipinski definition) is 3. The zero-order valence-electron chi connectivity index (χ0n) is 4.21. The van der Waals surface area contributed by atoms with E-state index in [-0.39, 0.29) is 0 Å². The van der Waals surface area contributed by atoms with Gasteiger partial charge in [0.1, 0.15) is 5.17 Å². The molecule has 0 radical (unpaired) electrons. The maximum Gasteiger partial charge on any atom is 0.127 e. The highest BCUT2D eigenvalue weighted by Crippen LogP contribution is 1.96. The van der Waals surface area contributed by atoms with Crippen molar-refractivity contribution in [1.82, 2.24) is 5.01 Å². The lowest BCUT2D eigenvalue weighted by atomic mass is 10.6. The number of nitrogens with zero attached hydrogens (tertiary/aromatic N) is 2. The minimum Gasteiger partial charge on any atom is -0.310 e. The quantitative estimate of drug-likeness (QED) is 0.480. The monoisotopic (exact) mass is 131 g/mol. The Kier molecular flexibility index (Phi) is 1.50. The molecule has 44 valence electrons.